The number of rotatable bonds is 6. The van der Waals surface area contributed by atoms with Crippen molar-refractivity contribution in [2.75, 3.05) is 49.8 Å². The molecular weight excluding hydrogens is 496 g/mol. The average molecular weight is 527 g/mol. The van der Waals surface area contributed by atoms with E-state index in [-0.39, 0.29) is 11.8 Å². The number of aromatic nitrogens is 2. The predicted octanol–water partition coefficient (Wildman–Crippen LogP) is 4.16. The Kier molecular flexibility index (Phi) is 7.90. The SMILES string of the molecule is COC(=O)c1cc(NC(=O)c2csc(C3CCN(C(=S)Nc4ccc(N(C)C)cc4)CC3)n2)cn1C. The van der Waals surface area contributed by atoms with Gasteiger partial charge in [0, 0.05) is 63.1 Å². The third-order valence-electron chi connectivity index (χ3n) is 6.18. The topological polar surface area (TPSA) is 91.7 Å². The molecule has 1 aliphatic rings. The molecule has 1 fully saturated rings. The van der Waals surface area contributed by atoms with Gasteiger partial charge in [0.25, 0.3) is 5.91 Å². The number of hydrogen-bond acceptors (Lipinski definition) is 7. The Bertz CT molecular complexity index is 1240. The van der Waals surface area contributed by atoms with Crippen molar-refractivity contribution >= 4 is 57.6 Å². The smallest absolute Gasteiger partial charge is 0.354 e. The van der Waals surface area contributed by atoms with Gasteiger partial charge in [-0.2, -0.15) is 0 Å². The van der Waals surface area contributed by atoms with Crippen LogP contribution in [0.4, 0.5) is 17.1 Å². The number of nitrogens with one attached hydrogen (secondary N) is 2. The van der Waals surface area contributed by atoms with E-state index in [1.807, 2.05) is 26.2 Å². The Morgan fingerprint density at radius 1 is 1.14 bits per heavy atom. The van der Waals surface area contributed by atoms with E-state index in [9.17, 15) is 9.59 Å². The lowest BCUT2D eigenvalue weighted by Crippen LogP contribution is -2.40. The minimum absolute atomic E-state index is 0.289. The van der Waals surface area contributed by atoms with Crippen molar-refractivity contribution in [3.05, 3.63) is 58.3 Å². The van der Waals surface area contributed by atoms with Crippen molar-refractivity contribution in [2.45, 2.75) is 18.8 Å². The van der Waals surface area contributed by atoms with E-state index in [1.165, 1.54) is 18.4 Å². The number of hydrogen-bond donors (Lipinski definition) is 2. The molecule has 190 valence electrons. The van der Waals surface area contributed by atoms with Crippen molar-refractivity contribution in [3.63, 3.8) is 0 Å². The number of carbonyl (C=O) groups is 2. The normalized spacial score (nSPS) is 13.8. The van der Waals surface area contributed by atoms with Crippen LogP contribution >= 0.6 is 23.6 Å². The number of anilines is 3. The lowest BCUT2D eigenvalue weighted by Gasteiger charge is -2.33. The summed E-state index contributed by atoms with van der Waals surface area (Å²) in [5.74, 6) is -0.475. The summed E-state index contributed by atoms with van der Waals surface area (Å²) in [5, 5.41) is 9.61. The number of esters is 1. The number of amides is 1. The lowest BCUT2D eigenvalue weighted by atomic mass is 9.98. The number of likely N-dealkylation sites (tertiary alicyclic amines) is 1. The van der Waals surface area contributed by atoms with Gasteiger partial charge in [-0.25, -0.2) is 9.78 Å². The molecule has 1 saturated heterocycles. The number of benzene rings is 1. The Labute approximate surface area is 220 Å². The molecule has 0 bridgehead atoms. The molecule has 11 heteroatoms. The molecule has 9 nitrogen and oxygen atoms in total. The first kappa shape index (κ1) is 25.6. The maximum absolute atomic E-state index is 12.7. The van der Waals surface area contributed by atoms with Gasteiger partial charge in [-0.15, -0.1) is 11.3 Å². The first-order valence-corrected chi connectivity index (χ1v) is 12.9. The molecule has 1 aliphatic heterocycles. The fourth-order valence-electron chi connectivity index (χ4n) is 4.09. The highest BCUT2D eigenvalue weighted by Gasteiger charge is 2.25. The standard InChI is InChI=1S/C25H30N6O3S2/c1-29(2)19-7-5-17(6-8-19)27-25(35)31-11-9-16(10-12-31)23-28-20(15-36-23)22(32)26-18-13-21(24(33)34-4)30(3)14-18/h5-8,13-16H,9-12H2,1-4H3,(H,26,32)(H,27,35). The van der Waals surface area contributed by atoms with Crippen molar-refractivity contribution in [1.29, 1.82) is 0 Å². The van der Waals surface area contributed by atoms with E-state index >= 15 is 0 Å². The predicted molar refractivity (Wildman–Crippen MR) is 147 cm³/mol. The third-order valence-corrected chi connectivity index (χ3v) is 7.55. The molecule has 3 aromatic rings. The summed E-state index contributed by atoms with van der Waals surface area (Å²) < 4.78 is 6.37. The van der Waals surface area contributed by atoms with Gasteiger partial charge in [-0.1, -0.05) is 0 Å². The highest BCUT2D eigenvalue weighted by molar-refractivity contribution is 7.80. The number of thiazole rings is 1. The monoisotopic (exact) mass is 526 g/mol. The van der Waals surface area contributed by atoms with Crippen LogP contribution in [-0.2, 0) is 11.8 Å². The van der Waals surface area contributed by atoms with E-state index in [1.54, 1.807) is 29.3 Å². The minimum atomic E-state index is -0.461. The van der Waals surface area contributed by atoms with Gasteiger partial charge in [0.15, 0.2) is 5.11 Å². The Hall–Kier alpha value is -3.44. The van der Waals surface area contributed by atoms with Crippen molar-refractivity contribution in [3.8, 4) is 0 Å². The van der Waals surface area contributed by atoms with Crippen molar-refractivity contribution < 1.29 is 14.3 Å². The van der Waals surface area contributed by atoms with E-state index in [2.05, 4.69) is 37.6 Å². The molecule has 1 amide bonds. The number of ether oxygens (including phenoxy) is 1. The van der Waals surface area contributed by atoms with Crippen LogP contribution in [-0.4, -0.2) is 65.7 Å². The first-order chi connectivity index (χ1) is 17.2. The number of methoxy groups -OCH3 is 1. The van der Waals surface area contributed by atoms with Crippen LogP contribution in [0.2, 0.25) is 0 Å². The molecule has 0 aliphatic carbocycles. The summed E-state index contributed by atoms with van der Waals surface area (Å²) in [6.07, 6.45) is 3.49. The number of piperidine rings is 1. The molecule has 0 spiro atoms. The molecule has 36 heavy (non-hydrogen) atoms. The zero-order chi connectivity index (χ0) is 25.8. The van der Waals surface area contributed by atoms with Crippen LogP contribution in [0.1, 0.15) is 44.7 Å². The second-order valence-corrected chi connectivity index (χ2v) is 10.2. The maximum Gasteiger partial charge on any atom is 0.354 e. The summed E-state index contributed by atoms with van der Waals surface area (Å²) in [5.41, 5.74) is 3.36. The van der Waals surface area contributed by atoms with Gasteiger partial charge in [0.05, 0.1) is 17.8 Å². The molecule has 0 unspecified atom stereocenters. The first-order valence-electron chi connectivity index (χ1n) is 11.6. The summed E-state index contributed by atoms with van der Waals surface area (Å²) >= 11 is 7.14. The molecule has 4 rings (SSSR count). The quantitative estimate of drug-likeness (QED) is 0.366. The number of thiocarbonyl (C=S) groups is 1. The van der Waals surface area contributed by atoms with Crippen molar-refractivity contribution in [1.82, 2.24) is 14.5 Å². The summed E-state index contributed by atoms with van der Waals surface area (Å²) in [4.78, 5) is 33.4. The summed E-state index contributed by atoms with van der Waals surface area (Å²) in [7, 11) is 7.07. The molecule has 0 saturated carbocycles. The van der Waals surface area contributed by atoms with Gasteiger partial charge < -0.3 is 29.7 Å². The molecule has 0 radical (unpaired) electrons. The molecule has 0 atom stereocenters. The third kappa shape index (κ3) is 5.85. The van der Waals surface area contributed by atoms with E-state index in [0.717, 1.165) is 47.4 Å². The van der Waals surface area contributed by atoms with Gasteiger partial charge in [0.2, 0.25) is 0 Å². The Balaban J connectivity index is 1.30. The van der Waals surface area contributed by atoms with E-state index in [4.69, 9.17) is 17.0 Å². The minimum Gasteiger partial charge on any atom is -0.464 e. The van der Waals surface area contributed by atoms with Crippen LogP contribution in [0, 0.1) is 0 Å². The molecule has 3 heterocycles. The fourth-order valence-corrected chi connectivity index (χ4v) is 5.36. The van der Waals surface area contributed by atoms with Gasteiger partial charge >= 0.3 is 5.97 Å². The van der Waals surface area contributed by atoms with Crippen molar-refractivity contribution in [2.24, 2.45) is 7.05 Å². The summed E-state index contributed by atoms with van der Waals surface area (Å²) in [6.45, 7) is 1.65. The number of carbonyl (C=O) groups excluding carboxylic acids is 2. The number of nitrogens with zero attached hydrogens (tertiary/aromatic N) is 4. The van der Waals surface area contributed by atoms with Crippen LogP contribution in [0.25, 0.3) is 0 Å². The highest BCUT2D eigenvalue weighted by Crippen LogP contribution is 2.31. The zero-order valence-corrected chi connectivity index (χ0v) is 22.4. The van der Waals surface area contributed by atoms with E-state index in [0.29, 0.717) is 17.1 Å². The molecule has 2 N–H and O–H groups in total. The lowest BCUT2D eigenvalue weighted by molar-refractivity contribution is 0.0589. The zero-order valence-electron chi connectivity index (χ0n) is 20.8. The highest BCUT2D eigenvalue weighted by atomic mass is 32.1. The van der Waals surface area contributed by atoms with Gasteiger partial charge in [-0.3, -0.25) is 4.79 Å². The fraction of sp³-hybridized carbons (Fsp3) is 0.360. The second-order valence-electron chi connectivity index (χ2n) is 8.87. The maximum atomic E-state index is 12.7. The largest absolute Gasteiger partial charge is 0.464 e. The van der Waals surface area contributed by atoms with Gasteiger partial charge in [0.1, 0.15) is 11.4 Å². The average Bonchev–Trinajstić information content (AvgIpc) is 3.51. The molecule has 1 aromatic carbocycles. The Morgan fingerprint density at radius 2 is 1.83 bits per heavy atom. The molecule has 2 aromatic heterocycles. The van der Waals surface area contributed by atoms with Gasteiger partial charge in [-0.05, 0) is 55.4 Å². The molecular formula is C25H30N6O3S2. The van der Waals surface area contributed by atoms with Crippen LogP contribution in [0.15, 0.2) is 41.9 Å². The van der Waals surface area contributed by atoms with Crippen LogP contribution < -0.4 is 15.5 Å². The Morgan fingerprint density at radius 3 is 2.47 bits per heavy atom. The van der Waals surface area contributed by atoms with Crippen LogP contribution in [0.3, 0.4) is 0 Å². The van der Waals surface area contributed by atoms with Crippen LogP contribution in [0.5, 0.6) is 0 Å². The van der Waals surface area contributed by atoms with E-state index < -0.39 is 5.97 Å². The summed E-state index contributed by atoms with van der Waals surface area (Å²) in [6, 6.07) is 9.76. The number of aryl methyl sites for hydroxylation is 1. The second kappa shape index (κ2) is 11.1.